The van der Waals surface area contributed by atoms with Crippen LogP contribution in [0.3, 0.4) is 0 Å². The third-order valence-electron chi connectivity index (χ3n) is 3.62. The van der Waals surface area contributed by atoms with Crippen LogP contribution in [0.25, 0.3) is 6.08 Å². The molecule has 4 heteroatoms. The normalized spacial score (nSPS) is 10.7. The minimum Gasteiger partial charge on any atom is -0.494 e. The Bertz CT molecular complexity index is 732. The van der Waals surface area contributed by atoms with E-state index in [0.29, 0.717) is 31.1 Å². The van der Waals surface area contributed by atoms with Gasteiger partial charge in [-0.15, -0.1) is 0 Å². The van der Waals surface area contributed by atoms with Gasteiger partial charge in [0.25, 0.3) is 0 Å². The zero-order chi connectivity index (χ0) is 18.8. The van der Waals surface area contributed by atoms with Gasteiger partial charge in [0, 0.05) is 17.2 Å². The molecule has 0 heterocycles. The number of carbonyl (C=O) groups excluding carboxylic acids is 1. The van der Waals surface area contributed by atoms with Crippen molar-refractivity contribution >= 4 is 11.9 Å². The van der Waals surface area contributed by atoms with Crippen LogP contribution in [0.4, 0.5) is 0 Å². The summed E-state index contributed by atoms with van der Waals surface area (Å²) in [5.74, 6) is 2.16. The zero-order valence-electron chi connectivity index (χ0n) is 15.7. The van der Waals surface area contributed by atoms with Crippen molar-refractivity contribution in [3.05, 3.63) is 59.7 Å². The van der Waals surface area contributed by atoms with E-state index in [1.807, 2.05) is 44.2 Å². The number of carbonyl (C=O) groups is 1. The standard InChI is InChI=1S/C22H26O4/c1-4-15-26-19-11-7-17(8-12-19)21(23)14-10-18-9-13-20(24-5-2)16-22(18)25-6-3/h7-14,16H,4-6,15H2,1-3H3. The van der Waals surface area contributed by atoms with Crippen molar-refractivity contribution in [3.63, 3.8) is 0 Å². The maximum absolute atomic E-state index is 12.4. The van der Waals surface area contributed by atoms with Crippen molar-refractivity contribution in [2.75, 3.05) is 19.8 Å². The van der Waals surface area contributed by atoms with E-state index in [4.69, 9.17) is 14.2 Å². The fourth-order valence-electron chi connectivity index (χ4n) is 2.39. The molecular formula is C22H26O4. The summed E-state index contributed by atoms with van der Waals surface area (Å²) in [6.07, 6.45) is 4.28. The van der Waals surface area contributed by atoms with Gasteiger partial charge in [0.05, 0.1) is 19.8 Å². The van der Waals surface area contributed by atoms with Crippen molar-refractivity contribution in [1.29, 1.82) is 0 Å². The van der Waals surface area contributed by atoms with E-state index >= 15 is 0 Å². The molecule has 0 bridgehead atoms. The Labute approximate surface area is 155 Å². The first-order valence-corrected chi connectivity index (χ1v) is 9.02. The average Bonchev–Trinajstić information content (AvgIpc) is 2.66. The number of ether oxygens (including phenoxy) is 3. The van der Waals surface area contributed by atoms with Crippen LogP contribution in [0.15, 0.2) is 48.5 Å². The van der Waals surface area contributed by atoms with Crippen LogP contribution in [0.2, 0.25) is 0 Å². The molecule has 0 radical (unpaired) electrons. The number of allylic oxidation sites excluding steroid dienone is 1. The molecule has 0 spiro atoms. The monoisotopic (exact) mass is 354 g/mol. The molecule has 2 aromatic rings. The largest absolute Gasteiger partial charge is 0.494 e. The van der Waals surface area contributed by atoms with Crippen LogP contribution in [-0.2, 0) is 0 Å². The van der Waals surface area contributed by atoms with E-state index in [-0.39, 0.29) is 5.78 Å². The Kier molecular flexibility index (Phi) is 7.75. The molecule has 2 rings (SSSR count). The summed E-state index contributed by atoms with van der Waals surface area (Å²) >= 11 is 0. The Hall–Kier alpha value is -2.75. The average molecular weight is 354 g/mol. The lowest BCUT2D eigenvalue weighted by Crippen LogP contribution is -1.98. The van der Waals surface area contributed by atoms with E-state index in [0.717, 1.165) is 23.5 Å². The molecule has 0 saturated carbocycles. The highest BCUT2D eigenvalue weighted by atomic mass is 16.5. The SMILES string of the molecule is CCCOc1ccc(C(=O)C=Cc2ccc(OCC)cc2OCC)cc1. The van der Waals surface area contributed by atoms with E-state index in [9.17, 15) is 4.79 Å². The summed E-state index contributed by atoms with van der Waals surface area (Å²) in [6.45, 7) is 7.73. The van der Waals surface area contributed by atoms with E-state index in [1.165, 1.54) is 0 Å². The Balaban J connectivity index is 2.11. The van der Waals surface area contributed by atoms with Crippen LogP contribution < -0.4 is 14.2 Å². The lowest BCUT2D eigenvalue weighted by molar-refractivity contribution is 0.104. The van der Waals surface area contributed by atoms with Gasteiger partial charge in [0.15, 0.2) is 5.78 Å². The van der Waals surface area contributed by atoms with Crippen molar-refractivity contribution < 1.29 is 19.0 Å². The molecule has 0 unspecified atom stereocenters. The maximum atomic E-state index is 12.4. The Morgan fingerprint density at radius 1 is 0.885 bits per heavy atom. The van der Waals surface area contributed by atoms with Gasteiger partial charge in [-0.2, -0.15) is 0 Å². The highest BCUT2D eigenvalue weighted by Crippen LogP contribution is 2.26. The fraction of sp³-hybridized carbons (Fsp3) is 0.318. The second kappa shape index (κ2) is 10.3. The van der Waals surface area contributed by atoms with Gasteiger partial charge in [-0.3, -0.25) is 4.79 Å². The fourth-order valence-corrected chi connectivity index (χ4v) is 2.39. The van der Waals surface area contributed by atoms with Crippen LogP contribution in [0.5, 0.6) is 17.2 Å². The summed E-state index contributed by atoms with van der Waals surface area (Å²) in [5, 5.41) is 0. The first-order valence-electron chi connectivity index (χ1n) is 9.02. The van der Waals surface area contributed by atoms with Crippen LogP contribution in [0.1, 0.15) is 43.1 Å². The van der Waals surface area contributed by atoms with Gasteiger partial charge in [-0.25, -0.2) is 0 Å². The first-order chi connectivity index (χ1) is 12.7. The highest BCUT2D eigenvalue weighted by molar-refractivity contribution is 6.07. The molecule has 2 aromatic carbocycles. The van der Waals surface area contributed by atoms with Gasteiger partial charge < -0.3 is 14.2 Å². The van der Waals surface area contributed by atoms with Crippen molar-refractivity contribution in [3.8, 4) is 17.2 Å². The lowest BCUT2D eigenvalue weighted by Gasteiger charge is -2.10. The van der Waals surface area contributed by atoms with Crippen molar-refractivity contribution in [2.24, 2.45) is 0 Å². The third-order valence-corrected chi connectivity index (χ3v) is 3.62. The molecular weight excluding hydrogens is 328 g/mol. The summed E-state index contributed by atoms with van der Waals surface area (Å²) in [7, 11) is 0. The summed E-state index contributed by atoms with van der Waals surface area (Å²) in [6, 6.07) is 12.8. The smallest absolute Gasteiger partial charge is 0.185 e. The molecule has 0 aliphatic carbocycles. The molecule has 138 valence electrons. The first kappa shape index (κ1) is 19.6. The minimum atomic E-state index is -0.0663. The molecule has 0 aromatic heterocycles. The van der Waals surface area contributed by atoms with Gasteiger partial charge in [-0.1, -0.05) is 6.92 Å². The molecule has 0 N–H and O–H groups in total. The second-order valence-corrected chi connectivity index (χ2v) is 5.64. The highest BCUT2D eigenvalue weighted by Gasteiger charge is 2.06. The van der Waals surface area contributed by atoms with Crippen LogP contribution in [-0.4, -0.2) is 25.6 Å². The van der Waals surface area contributed by atoms with E-state index in [2.05, 4.69) is 6.92 Å². The summed E-state index contributed by atoms with van der Waals surface area (Å²) < 4.78 is 16.7. The number of hydrogen-bond donors (Lipinski definition) is 0. The minimum absolute atomic E-state index is 0.0663. The molecule has 0 aliphatic heterocycles. The van der Waals surface area contributed by atoms with Crippen molar-refractivity contribution in [1.82, 2.24) is 0 Å². The Morgan fingerprint density at radius 3 is 2.23 bits per heavy atom. The third kappa shape index (κ3) is 5.66. The topological polar surface area (TPSA) is 44.8 Å². The van der Waals surface area contributed by atoms with Crippen molar-refractivity contribution in [2.45, 2.75) is 27.2 Å². The van der Waals surface area contributed by atoms with E-state index in [1.54, 1.807) is 24.3 Å². The summed E-state index contributed by atoms with van der Waals surface area (Å²) in [4.78, 5) is 12.4. The second-order valence-electron chi connectivity index (χ2n) is 5.64. The number of hydrogen-bond acceptors (Lipinski definition) is 4. The molecule has 0 aliphatic rings. The summed E-state index contributed by atoms with van der Waals surface area (Å²) in [5.41, 5.74) is 1.46. The number of rotatable bonds is 10. The number of ketones is 1. The van der Waals surface area contributed by atoms with Gasteiger partial charge >= 0.3 is 0 Å². The Morgan fingerprint density at radius 2 is 1.58 bits per heavy atom. The molecule has 26 heavy (non-hydrogen) atoms. The molecule has 0 atom stereocenters. The van der Waals surface area contributed by atoms with E-state index < -0.39 is 0 Å². The molecule has 0 fully saturated rings. The zero-order valence-corrected chi connectivity index (χ0v) is 15.7. The number of benzene rings is 2. The predicted octanol–water partition coefficient (Wildman–Crippen LogP) is 5.17. The molecule has 0 amide bonds. The van der Waals surface area contributed by atoms with Gasteiger partial charge in [0.1, 0.15) is 17.2 Å². The molecule has 0 saturated heterocycles. The molecule has 4 nitrogen and oxygen atoms in total. The van der Waals surface area contributed by atoms with Crippen LogP contribution in [0, 0.1) is 0 Å². The van der Waals surface area contributed by atoms with Gasteiger partial charge in [0.2, 0.25) is 0 Å². The quantitative estimate of drug-likeness (QED) is 0.436. The lowest BCUT2D eigenvalue weighted by atomic mass is 10.1. The maximum Gasteiger partial charge on any atom is 0.185 e. The van der Waals surface area contributed by atoms with Gasteiger partial charge in [-0.05, 0) is 68.8 Å². The van der Waals surface area contributed by atoms with Crippen LogP contribution >= 0.6 is 0 Å². The predicted molar refractivity (Wildman–Crippen MR) is 104 cm³/mol.